The van der Waals surface area contributed by atoms with Crippen molar-refractivity contribution in [2.75, 3.05) is 13.2 Å². The Morgan fingerprint density at radius 3 is 1.94 bits per heavy atom. The molecule has 0 aliphatic heterocycles. The number of hydrogen-bond donors (Lipinski definition) is 7. The molecule has 34 heavy (non-hydrogen) atoms. The molecule has 0 rings (SSSR count). The summed E-state index contributed by atoms with van der Waals surface area (Å²) in [6, 6.07) is -3.80. The van der Waals surface area contributed by atoms with Crippen molar-refractivity contribution in [2.24, 2.45) is 0 Å². The molecule has 0 aliphatic carbocycles. The molecule has 192 valence electrons. The molecule has 0 spiro atoms. The topological polar surface area (TPSA) is 212 Å². The number of amides is 3. The molecule has 7 N–H and O–H groups in total. The van der Waals surface area contributed by atoms with Crippen LogP contribution in [-0.4, -0.2) is 75.5 Å². The van der Waals surface area contributed by atoms with Gasteiger partial charge in [-0.05, 0) is 50.7 Å². The van der Waals surface area contributed by atoms with Crippen LogP contribution in [0.3, 0.4) is 0 Å². The van der Waals surface area contributed by atoms with Crippen LogP contribution >= 0.6 is 0 Å². The summed E-state index contributed by atoms with van der Waals surface area (Å²) in [5, 5.41) is 42.7. The van der Waals surface area contributed by atoms with Gasteiger partial charge in [-0.1, -0.05) is 0 Å². The maximum atomic E-state index is 11.9. The van der Waals surface area contributed by atoms with E-state index < -0.39 is 42.4 Å². The molecule has 0 saturated carbocycles. The van der Waals surface area contributed by atoms with Gasteiger partial charge in [0.05, 0.1) is 25.6 Å². The monoisotopic (exact) mass is 487 g/mol. The maximum absolute atomic E-state index is 11.9. The fourth-order valence-electron chi connectivity index (χ4n) is 2.50. The molecule has 2 unspecified atom stereocenters. The molecule has 0 aromatic rings. The molecule has 13 nitrogen and oxygen atoms in total. The van der Waals surface area contributed by atoms with Gasteiger partial charge in [0.1, 0.15) is 12.1 Å². The minimum atomic E-state index is -1.47. The summed E-state index contributed by atoms with van der Waals surface area (Å²) in [7, 11) is 0. The van der Waals surface area contributed by atoms with Crippen molar-refractivity contribution in [1.82, 2.24) is 16.0 Å². The highest BCUT2D eigenvalue weighted by molar-refractivity contribution is 5.86. The van der Waals surface area contributed by atoms with Crippen molar-refractivity contribution in [1.29, 1.82) is 0 Å². The van der Waals surface area contributed by atoms with Crippen molar-refractivity contribution in [2.45, 2.75) is 64.5 Å². The highest BCUT2D eigenvalue weighted by atomic mass is 16.5. The molecule has 0 bridgehead atoms. The van der Waals surface area contributed by atoms with Crippen molar-refractivity contribution in [3.05, 3.63) is 23.7 Å². The van der Waals surface area contributed by atoms with Crippen molar-refractivity contribution < 1.29 is 49.1 Å². The zero-order valence-corrected chi connectivity index (χ0v) is 19.2. The third kappa shape index (κ3) is 15.2. The van der Waals surface area contributed by atoms with Crippen LogP contribution in [0.5, 0.6) is 0 Å². The van der Waals surface area contributed by atoms with Crippen LogP contribution in [0.2, 0.25) is 0 Å². The number of aliphatic hydroxyl groups is 1. The second kappa shape index (κ2) is 16.9. The van der Waals surface area contributed by atoms with E-state index in [-0.39, 0.29) is 38.3 Å². The van der Waals surface area contributed by atoms with Gasteiger partial charge in [-0.15, -0.1) is 0 Å². The number of carbonyl (C=O) groups is 5. The second-order valence-corrected chi connectivity index (χ2v) is 7.58. The Balaban J connectivity index is 4.38. The molecular formula is C21H33N3O10. The zero-order valence-electron chi connectivity index (χ0n) is 19.2. The van der Waals surface area contributed by atoms with Gasteiger partial charge in [0.15, 0.2) is 0 Å². The Bertz CT molecular complexity index is 779. The van der Waals surface area contributed by atoms with E-state index in [9.17, 15) is 29.1 Å². The fraction of sp³-hybridized carbons (Fsp3) is 0.571. The molecule has 0 aromatic heterocycles. The third-order valence-electron chi connectivity index (χ3n) is 4.32. The second-order valence-electron chi connectivity index (χ2n) is 7.58. The first-order valence-electron chi connectivity index (χ1n) is 10.5. The SMILES string of the molecule is C/C(=C/O/C=C(\C)CC(=O)NCCCCC(NC(=O)NC(CCC(=O)O)C(=O)O)C(=O)O)CO. The quantitative estimate of drug-likeness (QED) is 0.112. The first-order valence-corrected chi connectivity index (χ1v) is 10.5. The van der Waals surface area contributed by atoms with E-state index in [0.29, 0.717) is 24.0 Å². The van der Waals surface area contributed by atoms with Crippen LogP contribution in [0.4, 0.5) is 4.79 Å². The summed E-state index contributed by atoms with van der Waals surface area (Å²) in [6.07, 6.45) is 2.85. The molecule has 0 aromatic carbocycles. The Kier molecular flexibility index (Phi) is 15.1. The number of aliphatic hydroxyl groups excluding tert-OH is 1. The molecular weight excluding hydrogens is 454 g/mol. The number of unbranched alkanes of at least 4 members (excludes halogenated alkanes) is 1. The summed E-state index contributed by atoms with van der Waals surface area (Å²) in [4.78, 5) is 56.9. The number of aliphatic carboxylic acids is 3. The van der Waals surface area contributed by atoms with Gasteiger partial charge < -0.3 is 41.1 Å². The summed E-state index contributed by atoms with van der Waals surface area (Å²) in [5.41, 5.74) is 1.28. The minimum Gasteiger partial charge on any atom is -0.481 e. The number of carboxylic acid groups (broad SMARTS) is 3. The summed E-state index contributed by atoms with van der Waals surface area (Å²) >= 11 is 0. The van der Waals surface area contributed by atoms with Gasteiger partial charge >= 0.3 is 23.9 Å². The van der Waals surface area contributed by atoms with E-state index in [0.717, 1.165) is 0 Å². The lowest BCUT2D eigenvalue weighted by atomic mass is 10.1. The number of rotatable bonds is 17. The molecule has 0 saturated heterocycles. The summed E-state index contributed by atoms with van der Waals surface area (Å²) in [5.74, 6) is -4.24. The van der Waals surface area contributed by atoms with Gasteiger partial charge in [0.25, 0.3) is 0 Å². The Hall–Kier alpha value is -3.61. The first-order chi connectivity index (χ1) is 16.0. The number of nitrogens with one attached hydrogen (secondary N) is 3. The van der Waals surface area contributed by atoms with E-state index in [2.05, 4.69) is 16.0 Å². The Labute approximate surface area is 196 Å². The van der Waals surface area contributed by atoms with Crippen LogP contribution in [0, 0.1) is 0 Å². The smallest absolute Gasteiger partial charge is 0.326 e. The molecule has 3 amide bonds. The Morgan fingerprint density at radius 2 is 1.41 bits per heavy atom. The fourth-order valence-corrected chi connectivity index (χ4v) is 2.50. The van der Waals surface area contributed by atoms with E-state index in [4.69, 9.17) is 20.1 Å². The molecule has 0 radical (unpaired) electrons. The molecule has 0 heterocycles. The van der Waals surface area contributed by atoms with Gasteiger partial charge in [-0.3, -0.25) is 9.59 Å². The van der Waals surface area contributed by atoms with Crippen LogP contribution in [0.25, 0.3) is 0 Å². The highest BCUT2D eigenvalue weighted by Gasteiger charge is 2.24. The van der Waals surface area contributed by atoms with Gasteiger partial charge in [0, 0.05) is 13.0 Å². The average molecular weight is 488 g/mol. The number of hydrogen-bond acceptors (Lipinski definition) is 7. The van der Waals surface area contributed by atoms with Crippen LogP contribution in [0.15, 0.2) is 23.7 Å². The summed E-state index contributed by atoms with van der Waals surface area (Å²) in [6.45, 7) is 3.53. The lowest BCUT2D eigenvalue weighted by Gasteiger charge is -2.18. The van der Waals surface area contributed by atoms with Crippen molar-refractivity contribution in [3.63, 3.8) is 0 Å². The first kappa shape index (κ1) is 30.4. The van der Waals surface area contributed by atoms with Crippen molar-refractivity contribution in [3.8, 4) is 0 Å². The van der Waals surface area contributed by atoms with Crippen LogP contribution in [0.1, 0.15) is 52.4 Å². The largest absolute Gasteiger partial charge is 0.481 e. The average Bonchev–Trinajstić information content (AvgIpc) is 2.74. The minimum absolute atomic E-state index is 0.0365. The maximum Gasteiger partial charge on any atom is 0.326 e. The normalized spacial score (nSPS) is 13.4. The van der Waals surface area contributed by atoms with E-state index in [1.165, 1.54) is 12.5 Å². The number of ether oxygens (including phenoxy) is 1. The number of carboxylic acids is 3. The zero-order chi connectivity index (χ0) is 26.1. The van der Waals surface area contributed by atoms with Crippen LogP contribution in [-0.2, 0) is 23.9 Å². The number of urea groups is 1. The van der Waals surface area contributed by atoms with E-state index >= 15 is 0 Å². The summed E-state index contributed by atoms with van der Waals surface area (Å²) < 4.78 is 5.12. The third-order valence-corrected chi connectivity index (χ3v) is 4.32. The molecule has 0 aliphatic rings. The van der Waals surface area contributed by atoms with Gasteiger partial charge in [-0.25, -0.2) is 14.4 Å². The highest BCUT2D eigenvalue weighted by Crippen LogP contribution is 2.04. The standard InChI is InChI=1S/C21H33N3O10/c1-13(11-34-12-14(2)10-25)9-17(26)22-8-4-3-5-15(19(29)30)23-21(33)24-16(20(31)32)6-7-18(27)28/h11-12,15-16,25H,3-10H2,1-2H3,(H,22,26)(H,27,28)(H,29,30)(H,31,32)(H2,23,24,33)/b13-11+,14-12-. The van der Waals surface area contributed by atoms with Gasteiger partial charge in [0.2, 0.25) is 5.91 Å². The molecule has 0 fully saturated rings. The van der Waals surface area contributed by atoms with Crippen molar-refractivity contribution >= 4 is 29.8 Å². The predicted octanol–water partition coefficient (Wildman–Crippen LogP) is 0.550. The lowest BCUT2D eigenvalue weighted by Crippen LogP contribution is -2.51. The Morgan fingerprint density at radius 1 is 0.853 bits per heavy atom. The number of carbonyl (C=O) groups excluding carboxylic acids is 2. The predicted molar refractivity (Wildman–Crippen MR) is 119 cm³/mol. The van der Waals surface area contributed by atoms with Crippen LogP contribution < -0.4 is 16.0 Å². The molecule has 13 heteroatoms. The lowest BCUT2D eigenvalue weighted by molar-refractivity contribution is -0.140. The van der Waals surface area contributed by atoms with Gasteiger partial charge in [-0.2, -0.15) is 0 Å². The van der Waals surface area contributed by atoms with E-state index in [1.54, 1.807) is 13.8 Å². The molecule has 2 atom stereocenters. The van der Waals surface area contributed by atoms with E-state index in [1.807, 2.05) is 0 Å².